The number of nitrogens with zero attached hydrogens (tertiary/aromatic N) is 2. The Morgan fingerprint density at radius 2 is 2.12 bits per heavy atom. The molecule has 2 N–H and O–H groups in total. The van der Waals surface area contributed by atoms with Gasteiger partial charge in [-0.2, -0.15) is 0 Å². The van der Waals surface area contributed by atoms with E-state index in [4.69, 9.17) is 9.15 Å². The van der Waals surface area contributed by atoms with Gasteiger partial charge in [0, 0.05) is 31.0 Å². The number of aromatic nitrogens is 1. The van der Waals surface area contributed by atoms with Crippen molar-refractivity contribution in [2.75, 3.05) is 14.2 Å². The van der Waals surface area contributed by atoms with Gasteiger partial charge < -0.3 is 19.8 Å². The molecular formula is C17H31IN4O2. The molecular weight excluding hydrogens is 419 g/mol. The zero-order chi connectivity index (χ0) is 17.3. The molecule has 6 nitrogen and oxygen atoms in total. The highest BCUT2D eigenvalue weighted by molar-refractivity contribution is 14.0. The average molecular weight is 450 g/mol. The predicted octanol–water partition coefficient (Wildman–Crippen LogP) is 3.07. The van der Waals surface area contributed by atoms with E-state index in [0.29, 0.717) is 24.6 Å². The van der Waals surface area contributed by atoms with Crippen molar-refractivity contribution in [3.8, 4) is 0 Å². The fourth-order valence-electron chi connectivity index (χ4n) is 2.79. The summed E-state index contributed by atoms with van der Waals surface area (Å²) in [6.45, 7) is 11.2. The van der Waals surface area contributed by atoms with E-state index in [0.717, 1.165) is 18.1 Å². The molecule has 0 aliphatic heterocycles. The van der Waals surface area contributed by atoms with E-state index >= 15 is 0 Å². The molecule has 138 valence electrons. The maximum Gasteiger partial charge on any atom is 0.213 e. The molecule has 0 amide bonds. The third kappa shape index (κ3) is 4.62. The van der Waals surface area contributed by atoms with Gasteiger partial charge in [-0.25, -0.2) is 4.98 Å². The summed E-state index contributed by atoms with van der Waals surface area (Å²) in [6.07, 6.45) is 3.07. The number of methoxy groups -OCH3 is 1. The summed E-state index contributed by atoms with van der Waals surface area (Å²) in [5, 5.41) is 6.72. The lowest BCUT2D eigenvalue weighted by molar-refractivity contribution is -0.0922. The molecule has 24 heavy (non-hydrogen) atoms. The second-order valence-electron chi connectivity index (χ2n) is 7.77. The Kier molecular flexibility index (Phi) is 7.10. The molecule has 1 aliphatic rings. The largest absolute Gasteiger partial charge is 0.443 e. The topological polar surface area (TPSA) is 71.7 Å². The van der Waals surface area contributed by atoms with Crippen molar-refractivity contribution in [3.05, 3.63) is 17.8 Å². The Morgan fingerprint density at radius 1 is 1.46 bits per heavy atom. The summed E-state index contributed by atoms with van der Waals surface area (Å²) in [7, 11) is 3.54. The van der Waals surface area contributed by atoms with Gasteiger partial charge in [-0.05, 0) is 6.42 Å². The van der Waals surface area contributed by atoms with Gasteiger partial charge in [0.05, 0.1) is 18.8 Å². The highest BCUT2D eigenvalue weighted by Crippen LogP contribution is 2.42. The minimum Gasteiger partial charge on any atom is -0.443 e. The number of oxazole rings is 1. The Labute approximate surface area is 162 Å². The van der Waals surface area contributed by atoms with Crippen LogP contribution in [-0.2, 0) is 16.7 Å². The lowest BCUT2D eigenvalue weighted by Gasteiger charge is -2.51. The molecule has 1 aromatic heterocycles. The van der Waals surface area contributed by atoms with Crippen molar-refractivity contribution in [3.63, 3.8) is 0 Å². The van der Waals surface area contributed by atoms with Gasteiger partial charge in [0.2, 0.25) is 5.89 Å². The van der Waals surface area contributed by atoms with Crippen LogP contribution in [0.5, 0.6) is 0 Å². The van der Waals surface area contributed by atoms with Gasteiger partial charge in [0.25, 0.3) is 0 Å². The number of halogens is 1. The van der Waals surface area contributed by atoms with Crippen LogP contribution in [0.1, 0.15) is 52.7 Å². The first kappa shape index (κ1) is 21.2. The molecule has 0 bridgehead atoms. The summed E-state index contributed by atoms with van der Waals surface area (Å²) in [6, 6.07) is 0.341. The maximum absolute atomic E-state index is 5.79. The van der Waals surface area contributed by atoms with Gasteiger partial charge in [-0.1, -0.05) is 34.6 Å². The van der Waals surface area contributed by atoms with Crippen molar-refractivity contribution in [1.29, 1.82) is 0 Å². The fraction of sp³-hybridized carbons (Fsp3) is 0.765. The predicted molar refractivity (Wildman–Crippen MR) is 107 cm³/mol. The van der Waals surface area contributed by atoms with Gasteiger partial charge >= 0.3 is 0 Å². The van der Waals surface area contributed by atoms with E-state index in [9.17, 15) is 0 Å². The first-order chi connectivity index (χ1) is 10.7. The Morgan fingerprint density at radius 3 is 2.58 bits per heavy atom. The summed E-state index contributed by atoms with van der Waals surface area (Å²) >= 11 is 0. The molecule has 2 rings (SSSR count). The van der Waals surface area contributed by atoms with Crippen LogP contribution in [0, 0.1) is 5.41 Å². The van der Waals surface area contributed by atoms with Crippen LogP contribution in [-0.4, -0.2) is 37.2 Å². The zero-order valence-electron chi connectivity index (χ0n) is 15.8. The van der Waals surface area contributed by atoms with Crippen molar-refractivity contribution in [2.24, 2.45) is 10.4 Å². The number of hydrogen-bond acceptors (Lipinski definition) is 4. The maximum atomic E-state index is 5.79. The van der Waals surface area contributed by atoms with Crippen molar-refractivity contribution >= 4 is 29.9 Å². The lowest BCUT2D eigenvalue weighted by Crippen LogP contribution is -2.63. The monoisotopic (exact) mass is 450 g/mol. The molecule has 7 heteroatoms. The third-order valence-corrected chi connectivity index (χ3v) is 4.70. The van der Waals surface area contributed by atoms with E-state index < -0.39 is 0 Å². The van der Waals surface area contributed by atoms with Crippen molar-refractivity contribution in [1.82, 2.24) is 15.6 Å². The van der Waals surface area contributed by atoms with Gasteiger partial charge in [-0.15, -0.1) is 24.0 Å². The molecule has 1 aromatic rings. The van der Waals surface area contributed by atoms with Crippen LogP contribution in [0.25, 0.3) is 0 Å². The van der Waals surface area contributed by atoms with Crippen molar-refractivity contribution < 1.29 is 9.15 Å². The lowest BCUT2D eigenvalue weighted by atomic mass is 9.64. The molecule has 1 saturated carbocycles. The zero-order valence-corrected chi connectivity index (χ0v) is 18.1. The second-order valence-corrected chi connectivity index (χ2v) is 7.77. The Hall–Kier alpha value is -0.830. The van der Waals surface area contributed by atoms with Crippen LogP contribution in [0.15, 0.2) is 15.6 Å². The molecule has 1 heterocycles. The van der Waals surface area contributed by atoms with Crippen LogP contribution in [0.4, 0.5) is 0 Å². The highest BCUT2D eigenvalue weighted by atomic mass is 127. The van der Waals surface area contributed by atoms with E-state index in [1.807, 2.05) is 0 Å². The standard InChI is InChI=1S/C17H30N4O2.HI/c1-16(2,3)13-9-19-14(23-13)10-20-15(18-6)21-11-8-12(22-7)17(11,4)5;/h9,11-12H,8,10H2,1-7H3,(H2,18,20,21);1H. The molecule has 2 atom stereocenters. The minimum atomic E-state index is -0.0315. The number of guanidine groups is 1. The number of ether oxygens (including phenoxy) is 1. The number of nitrogens with one attached hydrogen (secondary N) is 2. The minimum absolute atomic E-state index is 0. The summed E-state index contributed by atoms with van der Waals surface area (Å²) in [5.41, 5.74) is 0.0605. The van der Waals surface area contributed by atoms with Crippen LogP contribution < -0.4 is 10.6 Å². The molecule has 2 unspecified atom stereocenters. The van der Waals surface area contributed by atoms with E-state index in [1.165, 1.54) is 0 Å². The quantitative estimate of drug-likeness (QED) is 0.419. The number of hydrogen-bond donors (Lipinski definition) is 2. The third-order valence-electron chi connectivity index (χ3n) is 4.70. The molecule has 0 spiro atoms. The van der Waals surface area contributed by atoms with E-state index in [-0.39, 0.29) is 34.8 Å². The Balaban J connectivity index is 0.00000288. The van der Waals surface area contributed by atoms with Crippen LogP contribution in [0.3, 0.4) is 0 Å². The first-order valence-corrected chi connectivity index (χ1v) is 8.13. The molecule has 0 saturated heterocycles. The van der Waals surface area contributed by atoms with Gasteiger partial charge in [0.15, 0.2) is 5.96 Å². The fourth-order valence-corrected chi connectivity index (χ4v) is 2.79. The number of aliphatic imine (C=N–C) groups is 1. The van der Waals surface area contributed by atoms with Crippen LogP contribution in [0.2, 0.25) is 0 Å². The molecule has 1 fully saturated rings. The van der Waals surface area contributed by atoms with Crippen LogP contribution >= 0.6 is 24.0 Å². The SMILES string of the molecule is CN=C(NCc1ncc(C(C)(C)C)o1)NC1CC(OC)C1(C)C.I. The molecule has 0 radical (unpaired) electrons. The molecule has 0 aromatic carbocycles. The molecule has 1 aliphatic carbocycles. The summed E-state index contributed by atoms with van der Waals surface area (Å²) < 4.78 is 11.3. The summed E-state index contributed by atoms with van der Waals surface area (Å²) in [4.78, 5) is 8.61. The van der Waals surface area contributed by atoms with E-state index in [2.05, 4.69) is 55.2 Å². The normalized spacial score (nSPS) is 23.2. The second kappa shape index (κ2) is 8.03. The smallest absolute Gasteiger partial charge is 0.213 e. The average Bonchev–Trinajstić information content (AvgIpc) is 2.95. The van der Waals surface area contributed by atoms with E-state index in [1.54, 1.807) is 20.4 Å². The summed E-state index contributed by atoms with van der Waals surface area (Å²) in [5.74, 6) is 2.31. The highest BCUT2D eigenvalue weighted by Gasteiger charge is 2.48. The first-order valence-electron chi connectivity index (χ1n) is 8.13. The van der Waals surface area contributed by atoms with Crippen molar-refractivity contribution in [2.45, 2.75) is 65.1 Å². The van der Waals surface area contributed by atoms with Gasteiger partial charge in [-0.3, -0.25) is 4.99 Å². The number of rotatable bonds is 4. The Bertz CT molecular complexity index is 563. The van der Waals surface area contributed by atoms with Gasteiger partial charge in [0.1, 0.15) is 5.76 Å².